The highest BCUT2D eigenvalue weighted by Crippen LogP contribution is 2.22. The Balaban J connectivity index is 1.18. The third-order valence-corrected chi connectivity index (χ3v) is 7.17. The number of nitrogens with zero attached hydrogens (tertiary/aromatic N) is 2. The van der Waals surface area contributed by atoms with Crippen LogP contribution in [0.4, 0.5) is 0 Å². The van der Waals surface area contributed by atoms with Crippen LogP contribution in [0.5, 0.6) is 0 Å². The Kier molecular flexibility index (Phi) is 9.23. The fourth-order valence-corrected chi connectivity index (χ4v) is 4.93. The van der Waals surface area contributed by atoms with Crippen LogP contribution in [0.15, 0.2) is 119 Å². The van der Waals surface area contributed by atoms with Gasteiger partial charge in [-0.25, -0.2) is 0 Å². The van der Waals surface area contributed by atoms with Gasteiger partial charge < -0.3 is 21.3 Å². The third-order valence-electron chi connectivity index (χ3n) is 7.17. The van der Waals surface area contributed by atoms with Crippen molar-refractivity contribution >= 4 is 23.5 Å². The Morgan fingerprint density at radius 1 is 0.857 bits per heavy atom. The highest BCUT2D eigenvalue weighted by molar-refractivity contribution is 6.03. The van der Waals surface area contributed by atoms with E-state index in [0.717, 1.165) is 91.5 Å². The van der Waals surface area contributed by atoms with Gasteiger partial charge in [0.2, 0.25) is 0 Å². The summed E-state index contributed by atoms with van der Waals surface area (Å²) in [4.78, 5) is 34.8. The first-order chi connectivity index (χ1) is 20.5. The molecule has 3 aliphatic rings. The van der Waals surface area contributed by atoms with E-state index in [-0.39, 0.29) is 11.8 Å². The predicted octanol–water partition coefficient (Wildman–Crippen LogP) is 4.83. The summed E-state index contributed by atoms with van der Waals surface area (Å²) in [5.74, 6) is 1.28. The van der Waals surface area contributed by atoms with Gasteiger partial charge in [-0.05, 0) is 73.2 Å². The lowest BCUT2D eigenvalue weighted by atomic mass is 10.0. The van der Waals surface area contributed by atoms with Crippen LogP contribution < -0.4 is 21.3 Å². The molecule has 2 amide bonds. The molecule has 2 aromatic carbocycles. The zero-order valence-corrected chi connectivity index (χ0v) is 23.7. The van der Waals surface area contributed by atoms with Crippen molar-refractivity contribution in [2.45, 2.75) is 25.7 Å². The smallest absolute Gasteiger partial charge is 0.255 e. The molecule has 0 saturated carbocycles. The van der Waals surface area contributed by atoms with E-state index in [0.29, 0.717) is 16.8 Å². The van der Waals surface area contributed by atoms with E-state index in [4.69, 9.17) is 0 Å². The number of benzene rings is 2. The van der Waals surface area contributed by atoms with E-state index in [1.807, 2.05) is 42.5 Å². The van der Waals surface area contributed by atoms with Crippen LogP contribution >= 0.6 is 0 Å². The molecule has 0 fully saturated rings. The maximum Gasteiger partial charge on any atom is 0.255 e. The zero-order chi connectivity index (χ0) is 29.3. The summed E-state index contributed by atoms with van der Waals surface area (Å²) in [5.41, 5.74) is 6.17. The second-order valence-corrected chi connectivity index (χ2v) is 10.3. The molecule has 214 valence electrons. The van der Waals surface area contributed by atoms with Crippen molar-refractivity contribution in [3.63, 3.8) is 0 Å². The first kappa shape index (κ1) is 28.5. The molecule has 4 N–H and O–H groups in total. The fraction of sp³-hybridized carbons (Fsp3) is 0.235. The minimum Gasteiger partial charge on any atom is -0.370 e. The molecule has 0 atom stereocenters. The van der Waals surface area contributed by atoms with Gasteiger partial charge in [-0.15, -0.1) is 0 Å². The molecule has 2 aliphatic heterocycles. The number of rotatable bonds is 9. The molecule has 0 saturated heterocycles. The van der Waals surface area contributed by atoms with Gasteiger partial charge in [0.25, 0.3) is 11.8 Å². The van der Waals surface area contributed by atoms with Crippen molar-refractivity contribution in [3.8, 4) is 11.1 Å². The maximum absolute atomic E-state index is 12.9. The predicted molar refractivity (Wildman–Crippen MR) is 169 cm³/mol. The maximum atomic E-state index is 12.9. The Hall–Kier alpha value is -4.98. The van der Waals surface area contributed by atoms with Gasteiger partial charge in [-0.2, -0.15) is 0 Å². The van der Waals surface area contributed by atoms with Crippen molar-refractivity contribution < 1.29 is 9.59 Å². The lowest BCUT2D eigenvalue weighted by Crippen LogP contribution is -2.32. The molecule has 8 nitrogen and oxygen atoms in total. The quantitative estimate of drug-likeness (QED) is 0.330. The van der Waals surface area contributed by atoms with Crippen molar-refractivity contribution in [3.05, 3.63) is 120 Å². The monoisotopic (exact) mass is 560 g/mol. The SMILES string of the molecule is C=C/C(=C\C(=C)NC(=O)c1ccc(-c2ccc(C(=O)NC3=CC(C4=NCCCN4)=CCC3)cc2)cc1)C1=NCCCN1. The average Bonchev–Trinajstić information content (AvgIpc) is 3.04. The summed E-state index contributed by atoms with van der Waals surface area (Å²) in [6.07, 6.45) is 11.3. The largest absolute Gasteiger partial charge is 0.370 e. The number of amidine groups is 2. The molecule has 0 radical (unpaired) electrons. The van der Waals surface area contributed by atoms with Crippen LogP contribution in [0, 0.1) is 0 Å². The Morgan fingerprint density at radius 2 is 1.50 bits per heavy atom. The Morgan fingerprint density at radius 3 is 2.10 bits per heavy atom. The average molecular weight is 561 g/mol. The highest BCUT2D eigenvalue weighted by Gasteiger charge is 2.15. The Bertz CT molecular complexity index is 1520. The molecule has 0 spiro atoms. The summed E-state index contributed by atoms with van der Waals surface area (Å²) >= 11 is 0. The standard InChI is InChI=1S/C34H36N6O2/c1-3-24(31-35-17-5-18-36-31)21-23(2)39-33(41)27-13-9-25(10-14-27)26-11-15-28(16-12-26)34(42)40-30-8-4-7-29(22-30)32-37-19-6-20-38-32/h3,7,9-16,21-22H,1-2,4-6,8,17-20H2,(H,35,36)(H,37,38)(H,39,41)(H,40,42)/b24-21+. The van der Waals surface area contributed by atoms with Gasteiger partial charge in [0.05, 0.1) is 0 Å². The molecule has 2 aromatic rings. The van der Waals surface area contributed by atoms with Crippen molar-refractivity contribution in [1.82, 2.24) is 21.3 Å². The topological polar surface area (TPSA) is 107 Å². The lowest BCUT2D eigenvalue weighted by molar-refractivity contribution is 0.0957. The summed E-state index contributed by atoms with van der Waals surface area (Å²) in [5, 5.41) is 12.5. The number of hydrogen-bond donors (Lipinski definition) is 4. The summed E-state index contributed by atoms with van der Waals surface area (Å²) in [6, 6.07) is 14.8. The highest BCUT2D eigenvalue weighted by atomic mass is 16.2. The van der Waals surface area contributed by atoms with Gasteiger partial charge in [-0.3, -0.25) is 19.6 Å². The van der Waals surface area contributed by atoms with Crippen molar-refractivity contribution in [1.29, 1.82) is 0 Å². The van der Waals surface area contributed by atoms with E-state index in [9.17, 15) is 9.59 Å². The van der Waals surface area contributed by atoms with Crippen molar-refractivity contribution in [2.75, 3.05) is 26.2 Å². The summed E-state index contributed by atoms with van der Waals surface area (Å²) < 4.78 is 0. The minimum absolute atomic E-state index is 0.139. The zero-order valence-electron chi connectivity index (χ0n) is 23.7. The molecule has 8 heteroatoms. The number of amides is 2. The van der Waals surface area contributed by atoms with Gasteiger partial charge >= 0.3 is 0 Å². The molecular formula is C34H36N6O2. The summed E-state index contributed by atoms with van der Waals surface area (Å²) in [7, 11) is 0. The molecular weight excluding hydrogens is 524 g/mol. The molecule has 1 aliphatic carbocycles. The van der Waals surface area contributed by atoms with E-state index in [2.05, 4.69) is 50.5 Å². The van der Waals surface area contributed by atoms with Crippen LogP contribution in [0.1, 0.15) is 46.4 Å². The number of allylic oxidation sites excluding steroid dienone is 3. The van der Waals surface area contributed by atoms with Crippen LogP contribution in [0.2, 0.25) is 0 Å². The first-order valence-corrected chi connectivity index (χ1v) is 14.3. The molecule has 5 rings (SSSR count). The van der Waals surface area contributed by atoms with Gasteiger partial charge in [0, 0.05) is 59.8 Å². The Labute approximate surface area is 246 Å². The van der Waals surface area contributed by atoms with E-state index in [1.165, 1.54) is 0 Å². The number of aliphatic imine (C=N–C) groups is 2. The van der Waals surface area contributed by atoms with Crippen molar-refractivity contribution in [2.24, 2.45) is 9.98 Å². The second kappa shape index (κ2) is 13.6. The van der Waals surface area contributed by atoms with Crippen LogP contribution in [0.25, 0.3) is 11.1 Å². The lowest BCUT2D eigenvalue weighted by Gasteiger charge is -2.20. The van der Waals surface area contributed by atoms with Crippen LogP contribution in [-0.2, 0) is 0 Å². The summed E-state index contributed by atoms with van der Waals surface area (Å²) in [6.45, 7) is 11.2. The minimum atomic E-state index is -0.252. The van der Waals surface area contributed by atoms with Gasteiger partial charge in [0.15, 0.2) is 0 Å². The first-order valence-electron chi connectivity index (χ1n) is 14.3. The number of nitrogens with one attached hydrogen (secondary N) is 4. The van der Waals surface area contributed by atoms with E-state index in [1.54, 1.807) is 24.3 Å². The molecule has 0 bridgehead atoms. The van der Waals surface area contributed by atoms with Gasteiger partial charge in [-0.1, -0.05) is 49.6 Å². The molecule has 0 unspecified atom stereocenters. The van der Waals surface area contributed by atoms with E-state index >= 15 is 0 Å². The van der Waals surface area contributed by atoms with Gasteiger partial charge in [0.1, 0.15) is 11.7 Å². The van der Waals surface area contributed by atoms with E-state index < -0.39 is 0 Å². The van der Waals surface area contributed by atoms with Crippen LogP contribution in [0.3, 0.4) is 0 Å². The number of carbonyl (C=O) groups excluding carboxylic acids is 2. The third kappa shape index (κ3) is 7.20. The molecule has 42 heavy (non-hydrogen) atoms. The molecule has 0 aromatic heterocycles. The molecule has 2 heterocycles. The fourth-order valence-electron chi connectivity index (χ4n) is 4.93. The normalized spacial score (nSPS) is 16.8. The number of hydrogen-bond acceptors (Lipinski definition) is 6. The van der Waals surface area contributed by atoms with Crippen LogP contribution in [-0.4, -0.2) is 49.7 Å². The number of carbonyl (C=O) groups is 2. The second-order valence-electron chi connectivity index (χ2n) is 10.3.